The van der Waals surface area contributed by atoms with E-state index in [4.69, 9.17) is 4.74 Å². The lowest BCUT2D eigenvalue weighted by molar-refractivity contribution is -0.130. The van der Waals surface area contributed by atoms with Crippen molar-refractivity contribution in [2.45, 2.75) is 13.8 Å². The molecule has 0 unspecified atom stereocenters. The summed E-state index contributed by atoms with van der Waals surface area (Å²) >= 11 is 0. The number of carbonyl (C=O) groups excluding carboxylic acids is 1. The number of amides is 1. The Morgan fingerprint density at radius 3 is 2.13 bits per heavy atom. The molecule has 0 radical (unpaired) electrons. The first-order chi connectivity index (χ1) is 14.7. The van der Waals surface area contributed by atoms with Gasteiger partial charge in [-0.1, -0.05) is 0 Å². The molecule has 1 aliphatic heterocycles. The zero-order valence-corrected chi connectivity index (χ0v) is 17.1. The average Bonchev–Trinajstić information content (AvgIpc) is 3.04. The second-order valence-corrected chi connectivity index (χ2v) is 7.12. The number of carboxylic acids is 2. The average molecular weight is 423 g/mol. The molecule has 31 heavy (non-hydrogen) atoms. The number of rotatable bonds is 5. The van der Waals surface area contributed by atoms with Gasteiger partial charge in [-0.15, -0.1) is 0 Å². The highest BCUT2D eigenvalue weighted by atomic mass is 16.5. The molecule has 2 N–H and O–H groups in total. The zero-order valence-electron chi connectivity index (χ0n) is 17.1. The van der Waals surface area contributed by atoms with Crippen LogP contribution in [0.1, 0.15) is 37.7 Å². The number of benzene rings is 1. The third-order valence-corrected chi connectivity index (χ3v) is 5.09. The third kappa shape index (κ3) is 4.49. The van der Waals surface area contributed by atoms with Crippen LogP contribution in [-0.2, 0) is 9.53 Å². The van der Waals surface area contributed by atoms with Crippen LogP contribution in [0.2, 0.25) is 0 Å². The molecule has 0 bridgehead atoms. The number of hydrogen-bond donors (Lipinski definition) is 2. The van der Waals surface area contributed by atoms with Gasteiger partial charge in [0.05, 0.1) is 24.3 Å². The summed E-state index contributed by atoms with van der Waals surface area (Å²) in [5.74, 6) is -2.86. The van der Waals surface area contributed by atoms with Crippen LogP contribution >= 0.6 is 0 Å². The van der Waals surface area contributed by atoms with Gasteiger partial charge in [0, 0.05) is 30.2 Å². The molecular weight excluding hydrogens is 402 g/mol. The maximum atomic E-state index is 12.7. The topological polar surface area (TPSA) is 133 Å². The Hall–Kier alpha value is -3.90. The van der Waals surface area contributed by atoms with Gasteiger partial charge in [0.2, 0.25) is 0 Å². The molecule has 1 aromatic heterocycles. The van der Waals surface area contributed by atoms with Crippen molar-refractivity contribution in [3.05, 3.63) is 57.9 Å². The van der Waals surface area contributed by atoms with Crippen LogP contribution in [0.5, 0.6) is 0 Å². The fraction of sp³-hybridized carbons (Fsp3) is 0.273. The summed E-state index contributed by atoms with van der Waals surface area (Å²) in [7, 11) is 0. The van der Waals surface area contributed by atoms with E-state index in [1.165, 1.54) is 18.2 Å². The van der Waals surface area contributed by atoms with Crippen LogP contribution in [0, 0.1) is 25.2 Å². The molecule has 0 aliphatic carbocycles. The van der Waals surface area contributed by atoms with Gasteiger partial charge in [-0.3, -0.25) is 4.79 Å². The molecule has 3 rings (SSSR count). The number of hydrogen-bond acceptors (Lipinski definition) is 5. The zero-order chi connectivity index (χ0) is 22.7. The number of ether oxygens (including phenoxy) is 1. The summed E-state index contributed by atoms with van der Waals surface area (Å²) in [4.78, 5) is 37.1. The van der Waals surface area contributed by atoms with E-state index >= 15 is 0 Å². The highest BCUT2D eigenvalue weighted by Crippen LogP contribution is 2.25. The molecule has 160 valence electrons. The Labute approximate surface area is 178 Å². The lowest BCUT2D eigenvalue weighted by Crippen LogP contribution is -2.41. The summed E-state index contributed by atoms with van der Waals surface area (Å²) in [5, 5.41) is 28.2. The molecular formula is C22H21N3O6. The second kappa shape index (κ2) is 8.85. The van der Waals surface area contributed by atoms with Crippen molar-refractivity contribution in [2.24, 2.45) is 0 Å². The van der Waals surface area contributed by atoms with E-state index < -0.39 is 11.9 Å². The maximum absolute atomic E-state index is 12.7. The lowest BCUT2D eigenvalue weighted by atomic mass is 10.1. The maximum Gasteiger partial charge on any atom is 0.335 e. The van der Waals surface area contributed by atoms with E-state index in [9.17, 15) is 29.9 Å². The van der Waals surface area contributed by atoms with Gasteiger partial charge in [0.15, 0.2) is 0 Å². The predicted molar refractivity (Wildman–Crippen MR) is 110 cm³/mol. The van der Waals surface area contributed by atoms with E-state index in [1.807, 2.05) is 6.07 Å². The molecule has 1 saturated heterocycles. The van der Waals surface area contributed by atoms with E-state index in [0.717, 1.165) is 6.07 Å². The molecule has 1 aliphatic rings. The van der Waals surface area contributed by atoms with Crippen LogP contribution < -0.4 is 0 Å². The van der Waals surface area contributed by atoms with Crippen molar-refractivity contribution in [1.82, 2.24) is 9.47 Å². The number of carbonyl (C=O) groups is 3. The minimum absolute atomic E-state index is 0.0207. The van der Waals surface area contributed by atoms with Crippen LogP contribution in [0.15, 0.2) is 29.8 Å². The molecule has 0 atom stereocenters. The third-order valence-electron chi connectivity index (χ3n) is 5.09. The summed E-state index contributed by atoms with van der Waals surface area (Å²) in [6.45, 7) is 5.19. The number of aromatic carboxylic acids is 2. The first-order valence-electron chi connectivity index (χ1n) is 9.52. The Kier molecular flexibility index (Phi) is 6.22. The van der Waals surface area contributed by atoms with Crippen molar-refractivity contribution in [2.75, 3.05) is 26.3 Å². The summed E-state index contributed by atoms with van der Waals surface area (Å²) in [5.41, 5.74) is 1.97. The molecule has 1 fully saturated rings. The molecule has 9 nitrogen and oxygen atoms in total. The van der Waals surface area contributed by atoms with Gasteiger partial charge in [0.1, 0.15) is 11.6 Å². The van der Waals surface area contributed by atoms with E-state index in [2.05, 4.69) is 0 Å². The van der Waals surface area contributed by atoms with Gasteiger partial charge in [-0.05, 0) is 49.8 Å². The van der Waals surface area contributed by atoms with Gasteiger partial charge in [0.25, 0.3) is 5.91 Å². The molecule has 2 heterocycles. The van der Waals surface area contributed by atoms with Crippen LogP contribution in [0.25, 0.3) is 11.8 Å². The fourth-order valence-electron chi connectivity index (χ4n) is 3.55. The lowest BCUT2D eigenvalue weighted by Gasteiger charge is -2.26. The number of morpholine rings is 1. The molecule has 2 aromatic rings. The van der Waals surface area contributed by atoms with Crippen molar-refractivity contribution in [3.63, 3.8) is 0 Å². The van der Waals surface area contributed by atoms with Crippen molar-refractivity contribution < 1.29 is 29.3 Å². The Balaban J connectivity index is 2.06. The molecule has 1 aromatic carbocycles. The van der Waals surface area contributed by atoms with Gasteiger partial charge < -0.3 is 24.4 Å². The predicted octanol–water partition coefficient (Wildman–Crippen LogP) is 2.26. The fourth-order valence-corrected chi connectivity index (χ4v) is 3.55. The quantitative estimate of drug-likeness (QED) is 0.557. The number of aromatic nitrogens is 1. The SMILES string of the molecule is Cc1cc(/C=C(/C#N)C(=O)N2CCOCC2)c(C)n1-c1cc(C(=O)O)cc(C(=O)O)c1. The minimum Gasteiger partial charge on any atom is -0.478 e. The Morgan fingerprint density at radius 1 is 1.03 bits per heavy atom. The molecule has 1 amide bonds. The Bertz CT molecular complexity index is 1100. The second-order valence-electron chi connectivity index (χ2n) is 7.12. The first kappa shape index (κ1) is 21.8. The summed E-state index contributed by atoms with van der Waals surface area (Å²) in [6.07, 6.45) is 1.50. The van der Waals surface area contributed by atoms with E-state index in [0.29, 0.717) is 48.9 Å². The summed E-state index contributed by atoms with van der Waals surface area (Å²) < 4.78 is 6.93. The number of nitrogens with zero attached hydrogens (tertiary/aromatic N) is 3. The smallest absolute Gasteiger partial charge is 0.335 e. The van der Waals surface area contributed by atoms with Crippen LogP contribution in [0.4, 0.5) is 0 Å². The van der Waals surface area contributed by atoms with Crippen molar-refractivity contribution >= 4 is 23.9 Å². The number of aryl methyl sites for hydroxylation is 1. The number of carboxylic acid groups (broad SMARTS) is 2. The first-order valence-corrected chi connectivity index (χ1v) is 9.52. The van der Waals surface area contributed by atoms with E-state index in [-0.39, 0.29) is 22.6 Å². The van der Waals surface area contributed by atoms with Crippen LogP contribution in [0.3, 0.4) is 0 Å². The summed E-state index contributed by atoms with van der Waals surface area (Å²) in [6, 6.07) is 7.57. The molecule has 9 heteroatoms. The van der Waals surface area contributed by atoms with Gasteiger partial charge in [-0.25, -0.2) is 9.59 Å². The number of nitriles is 1. The van der Waals surface area contributed by atoms with Crippen molar-refractivity contribution in [1.29, 1.82) is 5.26 Å². The Morgan fingerprint density at radius 2 is 1.61 bits per heavy atom. The largest absolute Gasteiger partial charge is 0.478 e. The van der Waals surface area contributed by atoms with Crippen LogP contribution in [-0.4, -0.2) is 63.8 Å². The van der Waals surface area contributed by atoms with Gasteiger partial charge >= 0.3 is 11.9 Å². The highest BCUT2D eigenvalue weighted by molar-refractivity contribution is 6.02. The highest BCUT2D eigenvalue weighted by Gasteiger charge is 2.22. The standard InChI is InChI=1S/C22H21N3O6/c1-13-7-15(8-18(12-23)20(26)24-3-5-31-6-4-24)14(2)25(13)19-10-16(21(27)28)9-17(11-19)22(29)30/h7-11H,3-6H2,1-2H3,(H,27,28)(H,29,30)/b18-8-. The van der Waals surface area contributed by atoms with Crippen molar-refractivity contribution in [3.8, 4) is 11.8 Å². The normalized spacial score (nSPS) is 14.2. The van der Waals surface area contributed by atoms with Gasteiger partial charge in [-0.2, -0.15) is 5.26 Å². The molecule has 0 saturated carbocycles. The monoisotopic (exact) mass is 423 g/mol. The molecule has 0 spiro atoms. The van der Waals surface area contributed by atoms with E-state index in [1.54, 1.807) is 29.4 Å². The minimum atomic E-state index is -1.24.